The maximum Gasteiger partial charge on any atom is 0.285 e. The Morgan fingerprint density at radius 1 is 0.964 bits per heavy atom. The molecule has 2 aromatic carbocycles. The second-order valence-corrected chi connectivity index (χ2v) is 7.07. The lowest BCUT2D eigenvalue weighted by molar-refractivity contribution is -0.115. The molecule has 2 amide bonds. The van der Waals surface area contributed by atoms with Gasteiger partial charge in [0.1, 0.15) is 0 Å². The molecule has 28 heavy (non-hydrogen) atoms. The molecular formula is C20H24N2O5S. The largest absolute Gasteiger partial charge is 0.493 e. The van der Waals surface area contributed by atoms with Crippen LogP contribution in [0.4, 0.5) is 10.5 Å². The van der Waals surface area contributed by atoms with E-state index in [0.717, 1.165) is 22.2 Å². The zero-order valence-corrected chi connectivity index (χ0v) is 17.4. The van der Waals surface area contributed by atoms with Crippen LogP contribution in [0.5, 0.6) is 17.2 Å². The van der Waals surface area contributed by atoms with Crippen LogP contribution in [-0.4, -0.2) is 51.5 Å². The van der Waals surface area contributed by atoms with Crippen LogP contribution in [0, 0.1) is 0 Å². The van der Waals surface area contributed by atoms with Crippen molar-refractivity contribution in [1.29, 1.82) is 0 Å². The van der Waals surface area contributed by atoms with Crippen LogP contribution in [0.3, 0.4) is 0 Å². The molecule has 0 unspecified atom stereocenters. The number of amides is 2. The molecule has 0 bridgehead atoms. The highest BCUT2D eigenvalue weighted by molar-refractivity contribution is 8.13. The van der Waals surface area contributed by atoms with E-state index in [1.807, 2.05) is 0 Å². The van der Waals surface area contributed by atoms with Crippen molar-refractivity contribution in [2.24, 2.45) is 0 Å². The van der Waals surface area contributed by atoms with Gasteiger partial charge in [0.05, 0.1) is 27.8 Å². The fourth-order valence-corrected chi connectivity index (χ4v) is 3.08. The first-order valence-corrected chi connectivity index (χ1v) is 9.27. The molecule has 2 rings (SSSR count). The second-order valence-electron chi connectivity index (χ2n) is 6.05. The summed E-state index contributed by atoms with van der Waals surface area (Å²) >= 11 is 1.13. The lowest BCUT2D eigenvalue weighted by Gasteiger charge is -2.14. The topological polar surface area (TPSA) is 77.1 Å². The van der Waals surface area contributed by atoms with Crippen molar-refractivity contribution >= 4 is 28.6 Å². The summed E-state index contributed by atoms with van der Waals surface area (Å²) in [5, 5.41) is 2.78. The number of nitrogens with one attached hydrogen (secondary N) is 1. The van der Waals surface area contributed by atoms with Crippen molar-refractivity contribution in [3.05, 3.63) is 42.0 Å². The Kier molecular flexibility index (Phi) is 7.57. The van der Waals surface area contributed by atoms with Gasteiger partial charge in [-0.2, -0.15) is 0 Å². The van der Waals surface area contributed by atoms with Crippen molar-refractivity contribution in [3.63, 3.8) is 0 Å². The normalized spacial score (nSPS) is 10.2. The molecule has 0 heterocycles. The Morgan fingerprint density at radius 3 is 2.00 bits per heavy atom. The molecule has 1 N–H and O–H groups in total. The number of hydrogen-bond donors (Lipinski definition) is 1. The number of nitrogens with zero attached hydrogens (tertiary/aromatic N) is 1. The molecule has 0 saturated carbocycles. The van der Waals surface area contributed by atoms with Crippen LogP contribution in [0.15, 0.2) is 41.3 Å². The van der Waals surface area contributed by atoms with E-state index in [1.165, 1.54) is 26.2 Å². The Balaban J connectivity index is 2.05. The van der Waals surface area contributed by atoms with Crippen LogP contribution >= 0.6 is 11.8 Å². The minimum Gasteiger partial charge on any atom is -0.493 e. The molecule has 7 nitrogen and oxygen atoms in total. The zero-order valence-electron chi connectivity index (χ0n) is 16.6. The first-order chi connectivity index (χ1) is 13.4. The summed E-state index contributed by atoms with van der Waals surface area (Å²) in [5.41, 5.74) is 1.38. The minimum atomic E-state index is -0.181. The van der Waals surface area contributed by atoms with Gasteiger partial charge in [0.2, 0.25) is 11.7 Å². The Morgan fingerprint density at radius 2 is 1.54 bits per heavy atom. The maximum atomic E-state index is 12.4. The van der Waals surface area contributed by atoms with Crippen molar-refractivity contribution in [3.8, 4) is 17.2 Å². The molecule has 0 atom stereocenters. The van der Waals surface area contributed by atoms with Crippen LogP contribution in [-0.2, 0) is 11.2 Å². The fourth-order valence-electron chi connectivity index (χ4n) is 2.43. The number of benzene rings is 2. The van der Waals surface area contributed by atoms with Crippen LogP contribution < -0.4 is 19.5 Å². The summed E-state index contributed by atoms with van der Waals surface area (Å²) in [7, 11) is 7.99. The molecule has 150 valence electrons. The van der Waals surface area contributed by atoms with Crippen molar-refractivity contribution in [1.82, 2.24) is 4.90 Å². The minimum absolute atomic E-state index is 0.0563. The molecule has 0 saturated heterocycles. The third-order valence-electron chi connectivity index (χ3n) is 3.80. The lowest BCUT2D eigenvalue weighted by Crippen LogP contribution is -2.16. The molecule has 0 aromatic heterocycles. The molecule has 0 fully saturated rings. The number of carbonyl (C=O) groups is 2. The van der Waals surface area contributed by atoms with E-state index < -0.39 is 0 Å². The average Bonchev–Trinajstić information content (AvgIpc) is 2.68. The van der Waals surface area contributed by atoms with Crippen LogP contribution in [0.2, 0.25) is 0 Å². The molecule has 2 aromatic rings. The van der Waals surface area contributed by atoms with Crippen LogP contribution in [0.1, 0.15) is 5.56 Å². The molecule has 0 aliphatic rings. The number of rotatable bonds is 7. The number of anilines is 1. The van der Waals surface area contributed by atoms with Gasteiger partial charge >= 0.3 is 0 Å². The third-order valence-corrected chi connectivity index (χ3v) is 4.85. The summed E-state index contributed by atoms with van der Waals surface area (Å²) in [4.78, 5) is 26.4. The molecular weight excluding hydrogens is 380 g/mol. The maximum absolute atomic E-state index is 12.4. The van der Waals surface area contributed by atoms with E-state index in [0.29, 0.717) is 22.9 Å². The van der Waals surface area contributed by atoms with Gasteiger partial charge in [0.25, 0.3) is 5.24 Å². The van der Waals surface area contributed by atoms with Crippen LogP contribution in [0.25, 0.3) is 0 Å². The highest BCUT2D eigenvalue weighted by atomic mass is 32.2. The van der Waals surface area contributed by atoms with Gasteiger partial charge in [-0.05, 0) is 53.7 Å². The monoisotopic (exact) mass is 404 g/mol. The highest BCUT2D eigenvalue weighted by Crippen LogP contribution is 2.38. The summed E-state index contributed by atoms with van der Waals surface area (Å²) in [6.07, 6.45) is 0.145. The quantitative estimate of drug-likeness (QED) is 0.710. The van der Waals surface area contributed by atoms with E-state index in [9.17, 15) is 9.59 Å². The van der Waals surface area contributed by atoms with Gasteiger partial charge in [0, 0.05) is 24.7 Å². The van der Waals surface area contributed by atoms with Crippen molar-refractivity contribution < 1.29 is 23.8 Å². The first-order valence-electron chi connectivity index (χ1n) is 8.45. The van der Waals surface area contributed by atoms with Crippen molar-refractivity contribution in [2.75, 3.05) is 40.7 Å². The average molecular weight is 404 g/mol. The third kappa shape index (κ3) is 5.56. The number of hydrogen-bond acceptors (Lipinski definition) is 6. The SMILES string of the molecule is COc1cc(CC(=O)Nc2ccc(SC(=O)N(C)C)cc2)cc(OC)c1OC. The second kappa shape index (κ2) is 9.89. The van der Waals surface area contributed by atoms with Gasteiger partial charge in [-0.15, -0.1) is 0 Å². The first kappa shape index (κ1) is 21.4. The van der Waals surface area contributed by atoms with Gasteiger partial charge in [-0.25, -0.2) is 0 Å². The smallest absolute Gasteiger partial charge is 0.285 e. The molecule has 0 spiro atoms. The lowest BCUT2D eigenvalue weighted by atomic mass is 10.1. The van der Waals surface area contributed by atoms with Gasteiger partial charge in [-0.3, -0.25) is 9.59 Å². The summed E-state index contributed by atoms with van der Waals surface area (Å²) < 4.78 is 15.9. The van der Waals surface area contributed by atoms with Gasteiger partial charge < -0.3 is 24.4 Å². The zero-order chi connectivity index (χ0) is 20.7. The van der Waals surface area contributed by atoms with E-state index in [1.54, 1.807) is 50.5 Å². The summed E-state index contributed by atoms with van der Waals surface area (Å²) in [6, 6.07) is 10.6. The summed E-state index contributed by atoms with van der Waals surface area (Å²) in [6.45, 7) is 0. The predicted molar refractivity (Wildman–Crippen MR) is 110 cm³/mol. The Hall–Kier alpha value is -2.87. The fraction of sp³-hybridized carbons (Fsp3) is 0.300. The molecule has 0 radical (unpaired) electrons. The van der Waals surface area contributed by atoms with Gasteiger partial charge in [0.15, 0.2) is 11.5 Å². The van der Waals surface area contributed by atoms with E-state index >= 15 is 0 Å². The number of methoxy groups -OCH3 is 3. The standard InChI is InChI=1S/C20H24N2O5S/c1-22(2)20(24)28-15-8-6-14(7-9-15)21-18(23)12-13-10-16(25-3)19(27-5)17(11-13)26-4/h6-11H,12H2,1-5H3,(H,21,23). The Bertz CT molecular complexity index is 812. The number of thioether (sulfide) groups is 1. The Labute approximate surface area is 169 Å². The van der Waals surface area contributed by atoms with E-state index in [2.05, 4.69) is 5.32 Å². The number of ether oxygens (including phenoxy) is 3. The van der Waals surface area contributed by atoms with E-state index in [-0.39, 0.29) is 17.6 Å². The van der Waals surface area contributed by atoms with Gasteiger partial charge in [-0.1, -0.05) is 0 Å². The summed E-state index contributed by atoms with van der Waals surface area (Å²) in [5.74, 6) is 1.29. The van der Waals surface area contributed by atoms with Crippen molar-refractivity contribution in [2.45, 2.75) is 11.3 Å². The van der Waals surface area contributed by atoms with E-state index in [4.69, 9.17) is 14.2 Å². The highest BCUT2D eigenvalue weighted by Gasteiger charge is 2.15. The molecule has 0 aliphatic carbocycles. The molecule has 0 aliphatic heterocycles. The predicted octanol–water partition coefficient (Wildman–Crippen LogP) is 3.67. The molecule has 8 heteroatoms. The number of carbonyl (C=O) groups excluding carboxylic acids is 2.